The van der Waals surface area contributed by atoms with Crippen molar-refractivity contribution >= 4 is 27.5 Å². The topological polar surface area (TPSA) is 38.3 Å². The average molecular weight is 328 g/mol. The Morgan fingerprint density at radius 1 is 1.37 bits per heavy atom. The molecule has 0 aromatic heterocycles. The average Bonchev–Trinajstić information content (AvgIpc) is 2.33. The fraction of sp³-hybridized carbons (Fsp3) is 0.533. The molecule has 1 atom stereocenters. The fourth-order valence-electron chi connectivity index (χ4n) is 1.47. The van der Waals surface area contributed by atoms with Crippen molar-refractivity contribution in [1.82, 2.24) is 0 Å². The minimum absolute atomic E-state index is 0.112. The molecule has 1 unspecified atom stereocenters. The van der Waals surface area contributed by atoms with Crippen LogP contribution in [-0.4, -0.2) is 18.6 Å². The molecule has 0 aliphatic rings. The lowest BCUT2D eigenvalue weighted by atomic mass is 10.1. The van der Waals surface area contributed by atoms with Gasteiger partial charge in [0.05, 0.1) is 0 Å². The third-order valence-corrected chi connectivity index (χ3v) is 3.73. The van der Waals surface area contributed by atoms with Crippen LogP contribution in [0.3, 0.4) is 0 Å². The van der Waals surface area contributed by atoms with Crippen LogP contribution in [0.4, 0.5) is 5.69 Å². The highest BCUT2D eigenvalue weighted by Gasteiger charge is 2.13. The second-order valence-electron chi connectivity index (χ2n) is 5.15. The summed E-state index contributed by atoms with van der Waals surface area (Å²) in [6, 6.07) is 5.75. The van der Waals surface area contributed by atoms with E-state index in [2.05, 4.69) is 35.1 Å². The number of halogens is 1. The number of amides is 1. The zero-order valence-electron chi connectivity index (χ0n) is 12.0. The van der Waals surface area contributed by atoms with Crippen molar-refractivity contribution in [2.45, 2.75) is 40.2 Å². The third kappa shape index (κ3) is 5.74. The van der Waals surface area contributed by atoms with Crippen LogP contribution < -0.4 is 5.32 Å². The summed E-state index contributed by atoms with van der Waals surface area (Å²) in [7, 11) is 0. The Morgan fingerprint density at radius 2 is 2.05 bits per heavy atom. The predicted molar refractivity (Wildman–Crippen MR) is 82.4 cm³/mol. The van der Waals surface area contributed by atoms with Gasteiger partial charge in [0.25, 0.3) is 5.91 Å². The third-order valence-electron chi connectivity index (χ3n) is 2.87. The van der Waals surface area contributed by atoms with Gasteiger partial charge in [-0.1, -0.05) is 35.8 Å². The van der Waals surface area contributed by atoms with E-state index in [9.17, 15) is 4.79 Å². The maximum atomic E-state index is 11.9. The van der Waals surface area contributed by atoms with Crippen molar-refractivity contribution in [3.8, 4) is 0 Å². The molecule has 19 heavy (non-hydrogen) atoms. The number of hydrogen-bond acceptors (Lipinski definition) is 2. The van der Waals surface area contributed by atoms with Crippen LogP contribution in [-0.2, 0) is 9.53 Å². The van der Waals surface area contributed by atoms with Gasteiger partial charge < -0.3 is 10.1 Å². The van der Waals surface area contributed by atoms with Gasteiger partial charge in [-0.2, -0.15) is 0 Å². The summed E-state index contributed by atoms with van der Waals surface area (Å²) < 4.78 is 6.50. The van der Waals surface area contributed by atoms with Crippen molar-refractivity contribution in [3.05, 3.63) is 28.2 Å². The van der Waals surface area contributed by atoms with Crippen molar-refractivity contribution in [2.24, 2.45) is 5.92 Å². The van der Waals surface area contributed by atoms with Crippen LogP contribution in [0.2, 0.25) is 0 Å². The summed E-state index contributed by atoms with van der Waals surface area (Å²) in [5.41, 5.74) is 1.92. The van der Waals surface area contributed by atoms with Crippen LogP contribution >= 0.6 is 15.9 Å². The highest BCUT2D eigenvalue weighted by atomic mass is 79.9. The van der Waals surface area contributed by atoms with E-state index in [1.165, 1.54) is 0 Å². The van der Waals surface area contributed by atoms with Gasteiger partial charge in [0, 0.05) is 16.8 Å². The molecule has 0 saturated heterocycles. The SMILES string of the molecule is Cc1ccc(NC(=O)C(C)OCCC(C)C)cc1Br. The summed E-state index contributed by atoms with van der Waals surface area (Å²) >= 11 is 3.45. The number of aryl methyl sites for hydroxylation is 1. The van der Waals surface area contributed by atoms with E-state index >= 15 is 0 Å². The van der Waals surface area contributed by atoms with Gasteiger partial charge in [-0.05, 0) is 43.9 Å². The largest absolute Gasteiger partial charge is 0.369 e. The quantitative estimate of drug-likeness (QED) is 0.852. The molecule has 3 nitrogen and oxygen atoms in total. The summed E-state index contributed by atoms with van der Waals surface area (Å²) in [6.45, 7) is 8.67. The summed E-state index contributed by atoms with van der Waals surface area (Å²) in [5, 5.41) is 2.85. The van der Waals surface area contributed by atoms with Crippen LogP contribution in [0.5, 0.6) is 0 Å². The van der Waals surface area contributed by atoms with E-state index in [1.807, 2.05) is 25.1 Å². The van der Waals surface area contributed by atoms with Crippen LogP contribution in [0.15, 0.2) is 22.7 Å². The van der Waals surface area contributed by atoms with E-state index in [-0.39, 0.29) is 5.91 Å². The van der Waals surface area contributed by atoms with Crippen molar-refractivity contribution in [2.75, 3.05) is 11.9 Å². The van der Waals surface area contributed by atoms with E-state index in [1.54, 1.807) is 6.92 Å². The first kappa shape index (κ1) is 16.2. The first-order valence-corrected chi connectivity index (χ1v) is 7.38. The van der Waals surface area contributed by atoms with Gasteiger partial charge >= 0.3 is 0 Å². The Hall–Kier alpha value is -0.870. The maximum Gasteiger partial charge on any atom is 0.253 e. The summed E-state index contributed by atoms with van der Waals surface area (Å²) in [5.74, 6) is 0.475. The van der Waals surface area contributed by atoms with E-state index in [0.29, 0.717) is 12.5 Å². The van der Waals surface area contributed by atoms with Gasteiger partial charge in [-0.25, -0.2) is 0 Å². The van der Waals surface area contributed by atoms with Crippen molar-refractivity contribution in [3.63, 3.8) is 0 Å². The second-order valence-corrected chi connectivity index (χ2v) is 6.00. The molecule has 0 saturated carbocycles. The van der Waals surface area contributed by atoms with Gasteiger partial charge in [-0.15, -0.1) is 0 Å². The van der Waals surface area contributed by atoms with Crippen molar-refractivity contribution < 1.29 is 9.53 Å². The van der Waals surface area contributed by atoms with Crippen LogP contribution in [0.1, 0.15) is 32.8 Å². The Balaban J connectivity index is 2.47. The molecular formula is C15H22BrNO2. The molecule has 1 N–H and O–H groups in total. The molecule has 0 spiro atoms. The number of rotatable bonds is 6. The van der Waals surface area contributed by atoms with E-state index in [0.717, 1.165) is 22.1 Å². The van der Waals surface area contributed by atoms with E-state index < -0.39 is 6.10 Å². The maximum absolute atomic E-state index is 11.9. The minimum Gasteiger partial charge on any atom is -0.369 e. The molecule has 4 heteroatoms. The predicted octanol–water partition coefficient (Wildman–Crippen LogP) is 4.15. The molecule has 1 amide bonds. The summed E-state index contributed by atoms with van der Waals surface area (Å²) in [4.78, 5) is 11.9. The second kappa shape index (κ2) is 7.65. The number of nitrogens with one attached hydrogen (secondary N) is 1. The first-order chi connectivity index (χ1) is 8.90. The van der Waals surface area contributed by atoms with E-state index in [4.69, 9.17) is 4.74 Å². The fourth-order valence-corrected chi connectivity index (χ4v) is 1.85. The zero-order valence-corrected chi connectivity index (χ0v) is 13.6. The zero-order chi connectivity index (χ0) is 14.4. The smallest absolute Gasteiger partial charge is 0.253 e. The first-order valence-electron chi connectivity index (χ1n) is 6.58. The highest BCUT2D eigenvalue weighted by Crippen LogP contribution is 2.20. The molecule has 0 radical (unpaired) electrons. The lowest BCUT2D eigenvalue weighted by Gasteiger charge is -2.14. The van der Waals surface area contributed by atoms with Gasteiger partial charge in [0.15, 0.2) is 0 Å². The number of anilines is 1. The highest BCUT2D eigenvalue weighted by molar-refractivity contribution is 9.10. The lowest BCUT2D eigenvalue weighted by Crippen LogP contribution is -2.28. The Morgan fingerprint density at radius 3 is 2.63 bits per heavy atom. The number of benzene rings is 1. The number of hydrogen-bond donors (Lipinski definition) is 1. The molecule has 0 bridgehead atoms. The monoisotopic (exact) mass is 327 g/mol. The van der Waals surface area contributed by atoms with Crippen LogP contribution in [0, 0.1) is 12.8 Å². The minimum atomic E-state index is -0.432. The van der Waals surface area contributed by atoms with Gasteiger partial charge in [-0.3, -0.25) is 4.79 Å². The number of carbonyl (C=O) groups excluding carboxylic acids is 1. The molecule has 106 valence electrons. The molecule has 0 fully saturated rings. The molecule has 0 aliphatic heterocycles. The number of ether oxygens (including phenoxy) is 1. The Kier molecular flexibility index (Phi) is 6.52. The molecule has 1 aromatic rings. The van der Waals surface area contributed by atoms with Crippen molar-refractivity contribution in [1.29, 1.82) is 0 Å². The Bertz CT molecular complexity index is 432. The Labute approximate surface area is 123 Å². The molecule has 0 heterocycles. The lowest BCUT2D eigenvalue weighted by molar-refractivity contribution is -0.126. The van der Waals surface area contributed by atoms with Gasteiger partial charge in [0.1, 0.15) is 6.10 Å². The molecule has 1 aromatic carbocycles. The molecule has 1 rings (SSSR count). The number of carbonyl (C=O) groups is 1. The van der Waals surface area contributed by atoms with Crippen LogP contribution in [0.25, 0.3) is 0 Å². The molecule has 0 aliphatic carbocycles. The standard InChI is InChI=1S/C15H22BrNO2/c1-10(2)7-8-19-12(4)15(18)17-13-6-5-11(3)14(16)9-13/h5-6,9-10,12H,7-8H2,1-4H3,(H,17,18). The normalized spacial score (nSPS) is 12.5. The molecular weight excluding hydrogens is 306 g/mol. The summed E-state index contributed by atoms with van der Waals surface area (Å²) in [6.07, 6.45) is 0.534. The van der Waals surface area contributed by atoms with Gasteiger partial charge in [0.2, 0.25) is 0 Å².